The number of hydrogen-bond donors (Lipinski definition) is 1. The van der Waals surface area contributed by atoms with Crippen molar-refractivity contribution in [1.29, 1.82) is 0 Å². The van der Waals surface area contributed by atoms with E-state index in [1.165, 1.54) is 82.6 Å². The molecule has 0 fully saturated rings. The largest absolute Gasteiger partial charge is 0.491 e. The number of hydrogen-bond acceptors (Lipinski definition) is 3. The minimum absolute atomic E-state index is 0.0188. The second-order valence-electron chi connectivity index (χ2n) is 7.64. The molecule has 156 valence electrons. The summed E-state index contributed by atoms with van der Waals surface area (Å²) in [7, 11) is 1.59. The summed E-state index contributed by atoms with van der Waals surface area (Å²) in [5, 5.41) is 9.13. The highest BCUT2D eigenvalue weighted by Gasteiger charge is 2.06. The van der Waals surface area contributed by atoms with E-state index < -0.39 is 0 Å². The normalized spacial score (nSPS) is 12.3. The number of aliphatic hydroxyl groups is 1. The second kappa shape index (κ2) is 17.1. The van der Waals surface area contributed by atoms with Gasteiger partial charge in [-0.25, -0.2) is 0 Å². The zero-order chi connectivity index (χ0) is 19.6. The lowest BCUT2D eigenvalue weighted by atomic mass is 10.0. The Morgan fingerprint density at radius 1 is 0.852 bits per heavy atom. The predicted octanol–water partition coefficient (Wildman–Crippen LogP) is 6.32. The lowest BCUT2D eigenvalue weighted by molar-refractivity contribution is 0.0164. The summed E-state index contributed by atoms with van der Waals surface area (Å²) < 4.78 is 10.8. The molecule has 0 amide bonds. The third-order valence-corrected chi connectivity index (χ3v) is 5.19. The highest BCUT2D eigenvalue weighted by molar-refractivity contribution is 5.28. The van der Waals surface area contributed by atoms with Crippen LogP contribution in [0, 0.1) is 0 Å². The first-order valence-corrected chi connectivity index (χ1v) is 11.2. The lowest BCUT2D eigenvalue weighted by Crippen LogP contribution is -2.24. The topological polar surface area (TPSA) is 38.7 Å². The molecular formula is C24H42O3. The highest BCUT2D eigenvalue weighted by Crippen LogP contribution is 2.17. The zero-order valence-electron chi connectivity index (χ0n) is 17.8. The summed E-state index contributed by atoms with van der Waals surface area (Å²) in [6, 6.07) is 8.30. The molecule has 0 spiro atoms. The van der Waals surface area contributed by atoms with Crippen molar-refractivity contribution >= 4 is 0 Å². The van der Waals surface area contributed by atoms with Gasteiger partial charge in [-0.15, -0.1) is 0 Å². The van der Waals surface area contributed by atoms with Crippen molar-refractivity contribution in [2.45, 2.75) is 96.5 Å². The fourth-order valence-electron chi connectivity index (χ4n) is 3.35. The summed E-state index contributed by atoms with van der Waals surface area (Å²) in [5.41, 5.74) is 1.33. The molecule has 3 heteroatoms. The molecule has 0 heterocycles. The molecule has 1 atom stereocenters. The Morgan fingerprint density at radius 2 is 1.44 bits per heavy atom. The Kier molecular flexibility index (Phi) is 15.2. The quantitative estimate of drug-likeness (QED) is 0.304. The highest BCUT2D eigenvalue weighted by atomic mass is 16.5. The van der Waals surface area contributed by atoms with Crippen LogP contribution in [0.3, 0.4) is 0 Å². The molecule has 1 aromatic carbocycles. The molecule has 0 aromatic heterocycles. The first-order chi connectivity index (χ1) is 13.3. The Morgan fingerprint density at radius 3 is 2.00 bits per heavy atom. The number of aliphatic hydroxyl groups excluding tert-OH is 1. The maximum absolute atomic E-state index is 9.13. The summed E-state index contributed by atoms with van der Waals surface area (Å²) in [6.45, 7) is 2.64. The van der Waals surface area contributed by atoms with Gasteiger partial charge in [0, 0.05) is 7.11 Å². The van der Waals surface area contributed by atoms with Crippen LogP contribution < -0.4 is 4.74 Å². The first kappa shape index (κ1) is 24.0. The number of aryl methyl sites for hydroxylation is 1. The van der Waals surface area contributed by atoms with E-state index in [-0.39, 0.29) is 12.7 Å². The first-order valence-electron chi connectivity index (χ1n) is 11.2. The van der Waals surface area contributed by atoms with E-state index >= 15 is 0 Å². The van der Waals surface area contributed by atoms with Gasteiger partial charge >= 0.3 is 0 Å². The molecule has 1 rings (SSSR count). The molecule has 0 aliphatic carbocycles. The van der Waals surface area contributed by atoms with Crippen molar-refractivity contribution in [3.05, 3.63) is 29.8 Å². The average Bonchev–Trinajstić information content (AvgIpc) is 2.70. The summed E-state index contributed by atoms with van der Waals surface area (Å²) in [4.78, 5) is 0. The van der Waals surface area contributed by atoms with Crippen molar-refractivity contribution < 1.29 is 14.6 Å². The number of rotatable bonds is 18. The fourth-order valence-corrected chi connectivity index (χ4v) is 3.35. The van der Waals surface area contributed by atoms with Crippen molar-refractivity contribution in [1.82, 2.24) is 0 Å². The molecule has 0 bridgehead atoms. The summed E-state index contributed by atoms with van der Waals surface area (Å²) >= 11 is 0. The zero-order valence-corrected chi connectivity index (χ0v) is 17.8. The van der Waals surface area contributed by atoms with Crippen molar-refractivity contribution in [3.63, 3.8) is 0 Å². The monoisotopic (exact) mass is 378 g/mol. The maximum atomic E-state index is 9.13. The SMILES string of the molecule is CCCCCCCCCCCCCCc1cccc(OCC(CO)OC)c1. The molecule has 0 aliphatic heterocycles. The van der Waals surface area contributed by atoms with E-state index in [0.29, 0.717) is 6.61 Å². The maximum Gasteiger partial charge on any atom is 0.119 e. The minimum atomic E-state index is -0.259. The number of unbranched alkanes of at least 4 members (excludes halogenated alkanes) is 11. The van der Waals surface area contributed by atoms with Gasteiger partial charge in [0.15, 0.2) is 0 Å². The Balaban J connectivity index is 2.02. The van der Waals surface area contributed by atoms with Gasteiger partial charge in [-0.1, -0.05) is 89.7 Å². The van der Waals surface area contributed by atoms with Crippen molar-refractivity contribution in [2.75, 3.05) is 20.3 Å². The molecule has 1 N–H and O–H groups in total. The van der Waals surface area contributed by atoms with Gasteiger partial charge in [0.1, 0.15) is 18.5 Å². The molecule has 3 nitrogen and oxygen atoms in total. The Labute approximate surface area is 167 Å². The summed E-state index contributed by atoms with van der Waals surface area (Å²) in [5.74, 6) is 0.863. The van der Waals surface area contributed by atoms with Gasteiger partial charge in [-0.2, -0.15) is 0 Å². The van der Waals surface area contributed by atoms with Gasteiger partial charge < -0.3 is 14.6 Å². The second-order valence-corrected chi connectivity index (χ2v) is 7.64. The molecule has 1 unspecified atom stereocenters. The molecule has 1 aromatic rings. The molecule has 0 saturated carbocycles. The van der Waals surface area contributed by atoms with Crippen LogP contribution in [0.25, 0.3) is 0 Å². The minimum Gasteiger partial charge on any atom is -0.491 e. The van der Waals surface area contributed by atoms with Gasteiger partial charge in [-0.3, -0.25) is 0 Å². The van der Waals surface area contributed by atoms with Gasteiger partial charge in [0.05, 0.1) is 6.61 Å². The van der Waals surface area contributed by atoms with E-state index in [2.05, 4.69) is 19.1 Å². The van der Waals surface area contributed by atoms with Crippen LogP contribution in [-0.2, 0) is 11.2 Å². The Bertz CT molecular complexity index is 443. The van der Waals surface area contributed by atoms with Crippen LogP contribution in [0.2, 0.25) is 0 Å². The van der Waals surface area contributed by atoms with Gasteiger partial charge in [0.2, 0.25) is 0 Å². The molecule has 0 aliphatic rings. The van der Waals surface area contributed by atoms with E-state index in [0.717, 1.165) is 12.2 Å². The average molecular weight is 379 g/mol. The Hall–Kier alpha value is -1.06. The van der Waals surface area contributed by atoms with E-state index in [1.807, 2.05) is 12.1 Å². The number of benzene rings is 1. The standard InChI is InChI=1S/C24H42O3/c1-3-4-5-6-7-8-9-10-11-12-13-14-16-22-17-15-18-23(19-22)27-21-24(20-25)26-2/h15,17-19,24-25H,3-14,16,20-21H2,1-2H3. The van der Waals surface area contributed by atoms with E-state index in [4.69, 9.17) is 14.6 Å². The molecule has 27 heavy (non-hydrogen) atoms. The number of methoxy groups -OCH3 is 1. The van der Waals surface area contributed by atoms with Crippen molar-refractivity contribution in [3.8, 4) is 5.75 Å². The van der Waals surface area contributed by atoms with Crippen LogP contribution in [0.4, 0.5) is 0 Å². The third-order valence-electron chi connectivity index (χ3n) is 5.19. The fraction of sp³-hybridized carbons (Fsp3) is 0.750. The lowest BCUT2D eigenvalue weighted by Gasteiger charge is -2.14. The van der Waals surface area contributed by atoms with Crippen LogP contribution in [0.15, 0.2) is 24.3 Å². The van der Waals surface area contributed by atoms with Crippen LogP contribution in [0.1, 0.15) is 89.5 Å². The van der Waals surface area contributed by atoms with E-state index in [1.54, 1.807) is 7.11 Å². The van der Waals surface area contributed by atoms with Crippen molar-refractivity contribution in [2.24, 2.45) is 0 Å². The van der Waals surface area contributed by atoms with Crippen LogP contribution in [0.5, 0.6) is 5.75 Å². The molecule has 0 radical (unpaired) electrons. The van der Waals surface area contributed by atoms with Crippen LogP contribution in [-0.4, -0.2) is 31.5 Å². The van der Waals surface area contributed by atoms with E-state index in [9.17, 15) is 0 Å². The third kappa shape index (κ3) is 12.9. The molecular weight excluding hydrogens is 336 g/mol. The van der Waals surface area contributed by atoms with Gasteiger partial charge in [-0.05, 0) is 30.5 Å². The smallest absolute Gasteiger partial charge is 0.119 e. The number of ether oxygens (including phenoxy) is 2. The predicted molar refractivity (Wildman–Crippen MR) is 115 cm³/mol. The summed E-state index contributed by atoms with van der Waals surface area (Å²) in [6.07, 6.45) is 17.5. The van der Waals surface area contributed by atoms with Gasteiger partial charge in [0.25, 0.3) is 0 Å². The molecule has 0 saturated heterocycles. The van der Waals surface area contributed by atoms with Crippen LogP contribution >= 0.6 is 0 Å².